The Bertz CT molecular complexity index is 284. The van der Waals surface area contributed by atoms with Gasteiger partial charge in [0.1, 0.15) is 6.04 Å². The molecule has 0 saturated heterocycles. The van der Waals surface area contributed by atoms with E-state index in [0.717, 1.165) is 5.75 Å². The summed E-state index contributed by atoms with van der Waals surface area (Å²) in [4.78, 5) is 24.5. The van der Waals surface area contributed by atoms with Crippen molar-refractivity contribution in [3.8, 4) is 0 Å². The number of esters is 1. The highest BCUT2D eigenvalue weighted by atomic mass is 32.2. The van der Waals surface area contributed by atoms with E-state index in [9.17, 15) is 9.59 Å². The molecule has 2 N–H and O–H groups in total. The van der Waals surface area contributed by atoms with E-state index in [2.05, 4.69) is 4.74 Å². The Morgan fingerprint density at radius 2 is 1.83 bits per heavy atom. The molecule has 0 aromatic carbocycles. The van der Waals surface area contributed by atoms with Crippen LogP contribution < -0.4 is 5.73 Å². The van der Waals surface area contributed by atoms with Gasteiger partial charge in [0.25, 0.3) is 0 Å². The fourth-order valence-electron chi connectivity index (χ4n) is 1.40. The molecule has 0 aromatic rings. The lowest BCUT2D eigenvalue weighted by Crippen LogP contribution is -2.35. The maximum atomic E-state index is 11.8. The summed E-state index contributed by atoms with van der Waals surface area (Å²) in [7, 11) is 4.84. The first-order chi connectivity index (χ1) is 8.31. The standard InChI is InChI=1S/C12H24N2O3S/c1-8(9(2)11(15)14(3)4)6-18-7-10(13)12(16)17-5/h8-10H,6-7,13H2,1-5H3/t8?,9-,10?/m1/s1. The summed E-state index contributed by atoms with van der Waals surface area (Å²) in [6.07, 6.45) is 0. The van der Waals surface area contributed by atoms with Crippen molar-refractivity contribution in [3.05, 3.63) is 0 Å². The minimum atomic E-state index is -0.591. The predicted molar refractivity (Wildman–Crippen MR) is 74.3 cm³/mol. The van der Waals surface area contributed by atoms with Crippen molar-refractivity contribution in [1.29, 1.82) is 0 Å². The number of hydrogen-bond acceptors (Lipinski definition) is 5. The maximum Gasteiger partial charge on any atom is 0.323 e. The smallest absolute Gasteiger partial charge is 0.323 e. The van der Waals surface area contributed by atoms with Gasteiger partial charge >= 0.3 is 5.97 Å². The monoisotopic (exact) mass is 276 g/mol. The van der Waals surface area contributed by atoms with Gasteiger partial charge in [0, 0.05) is 25.8 Å². The molecule has 0 fully saturated rings. The maximum absolute atomic E-state index is 11.8. The van der Waals surface area contributed by atoms with Gasteiger partial charge in [-0.05, 0) is 11.7 Å². The van der Waals surface area contributed by atoms with Crippen LogP contribution in [0.4, 0.5) is 0 Å². The number of amides is 1. The number of hydrogen-bond donors (Lipinski definition) is 1. The van der Waals surface area contributed by atoms with Gasteiger partial charge in [-0.1, -0.05) is 13.8 Å². The van der Waals surface area contributed by atoms with Crippen molar-refractivity contribution >= 4 is 23.6 Å². The number of rotatable bonds is 7. The van der Waals surface area contributed by atoms with Crippen molar-refractivity contribution in [2.24, 2.45) is 17.6 Å². The number of nitrogens with zero attached hydrogens (tertiary/aromatic N) is 1. The topological polar surface area (TPSA) is 72.6 Å². The van der Waals surface area contributed by atoms with Gasteiger partial charge in [0.05, 0.1) is 7.11 Å². The van der Waals surface area contributed by atoms with Gasteiger partial charge in [0.2, 0.25) is 5.91 Å². The van der Waals surface area contributed by atoms with Crippen LogP contribution in [0.25, 0.3) is 0 Å². The van der Waals surface area contributed by atoms with E-state index >= 15 is 0 Å². The van der Waals surface area contributed by atoms with Gasteiger partial charge in [0.15, 0.2) is 0 Å². The van der Waals surface area contributed by atoms with E-state index in [1.54, 1.807) is 30.8 Å². The lowest BCUT2D eigenvalue weighted by molar-refractivity contribution is -0.141. The molecule has 1 amide bonds. The molecule has 0 rings (SSSR count). The number of nitrogens with two attached hydrogens (primary N) is 1. The quantitative estimate of drug-likeness (QED) is 0.689. The summed E-state index contributed by atoms with van der Waals surface area (Å²) in [5, 5.41) is 0. The van der Waals surface area contributed by atoms with E-state index in [1.165, 1.54) is 7.11 Å². The second-order valence-electron chi connectivity index (χ2n) is 4.67. The number of thioether (sulfide) groups is 1. The second kappa shape index (κ2) is 8.37. The molecule has 5 nitrogen and oxygen atoms in total. The fraction of sp³-hybridized carbons (Fsp3) is 0.833. The average molecular weight is 276 g/mol. The Hall–Kier alpha value is -0.750. The third-order valence-electron chi connectivity index (χ3n) is 2.87. The Labute approximate surface area is 113 Å². The van der Waals surface area contributed by atoms with E-state index in [0.29, 0.717) is 5.75 Å². The molecule has 3 atom stereocenters. The van der Waals surface area contributed by atoms with Gasteiger partial charge in [-0.3, -0.25) is 9.59 Å². The molecule has 0 aromatic heterocycles. The molecule has 0 saturated carbocycles. The third kappa shape index (κ3) is 5.73. The molecule has 106 valence electrons. The summed E-state index contributed by atoms with van der Waals surface area (Å²) in [6, 6.07) is -0.591. The highest BCUT2D eigenvalue weighted by Crippen LogP contribution is 2.19. The largest absolute Gasteiger partial charge is 0.468 e. The molecule has 0 aliphatic heterocycles. The van der Waals surface area contributed by atoms with E-state index in [4.69, 9.17) is 5.73 Å². The predicted octanol–water partition coefficient (Wildman–Crippen LogP) is 0.580. The highest BCUT2D eigenvalue weighted by Gasteiger charge is 2.22. The molecule has 0 radical (unpaired) electrons. The van der Waals surface area contributed by atoms with Gasteiger partial charge in [-0.2, -0.15) is 11.8 Å². The van der Waals surface area contributed by atoms with Crippen molar-refractivity contribution in [2.45, 2.75) is 19.9 Å². The summed E-state index contributed by atoms with van der Waals surface area (Å²) in [5.41, 5.74) is 5.63. The van der Waals surface area contributed by atoms with Crippen LogP contribution in [0.3, 0.4) is 0 Å². The molecule has 0 spiro atoms. The van der Waals surface area contributed by atoms with Crippen LogP contribution in [0, 0.1) is 11.8 Å². The Kier molecular flexibility index (Phi) is 8.02. The van der Waals surface area contributed by atoms with Crippen molar-refractivity contribution in [1.82, 2.24) is 4.90 Å². The van der Waals surface area contributed by atoms with Crippen LogP contribution in [0.2, 0.25) is 0 Å². The molecule has 2 unspecified atom stereocenters. The summed E-state index contributed by atoms with van der Waals surface area (Å²) < 4.78 is 4.55. The molecule has 0 bridgehead atoms. The van der Waals surface area contributed by atoms with Crippen LogP contribution in [0.15, 0.2) is 0 Å². The normalized spacial score (nSPS) is 15.7. The number of carbonyl (C=O) groups is 2. The molecule has 0 heterocycles. The molecule has 0 aliphatic carbocycles. The summed E-state index contributed by atoms with van der Waals surface area (Å²) >= 11 is 1.57. The zero-order valence-electron chi connectivity index (χ0n) is 11.8. The molecular formula is C12H24N2O3S. The highest BCUT2D eigenvalue weighted by molar-refractivity contribution is 7.99. The first kappa shape index (κ1) is 17.2. The fourth-order valence-corrected chi connectivity index (χ4v) is 2.58. The Morgan fingerprint density at radius 3 is 2.28 bits per heavy atom. The zero-order chi connectivity index (χ0) is 14.3. The Morgan fingerprint density at radius 1 is 1.28 bits per heavy atom. The van der Waals surface area contributed by atoms with Crippen LogP contribution >= 0.6 is 11.8 Å². The average Bonchev–Trinajstić information content (AvgIpc) is 2.35. The van der Waals surface area contributed by atoms with Crippen LogP contribution in [0.1, 0.15) is 13.8 Å². The van der Waals surface area contributed by atoms with Crippen molar-refractivity contribution in [3.63, 3.8) is 0 Å². The van der Waals surface area contributed by atoms with Crippen LogP contribution in [-0.4, -0.2) is 55.5 Å². The van der Waals surface area contributed by atoms with E-state index in [1.807, 2.05) is 13.8 Å². The van der Waals surface area contributed by atoms with Crippen molar-refractivity contribution < 1.29 is 14.3 Å². The van der Waals surface area contributed by atoms with Gasteiger partial charge in [-0.15, -0.1) is 0 Å². The van der Waals surface area contributed by atoms with E-state index in [-0.39, 0.29) is 17.7 Å². The number of ether oxygens (including phenoxy) is 1. The minimum Gasteiger partial charge on any atom is -0.468 e. The summed E-state index contributed by atoms with van der Waals surface area (Å²) in [5.74, 6) is 1.26. The lowest BCUT2D eigenvalue weighted by Gasteiger charge is -2.22. The SMILES string of the molecule is COC(=O)C(N)CSCC(C)[C@@H](C)C(=O)N(C)C. The molecule has 18 heavy (non-hydrogen) atoms. The lowest BCUT2D eigenvalue weighted by atomic mass is 9.97. The number of carbonyl (C=O) groups excluding carboxylic acids is 2. The van der Waals surface area contributed by atoms with Gasteiger partial charge < -0.3 is 15.4 Å². The first-order valence-electron chi connectivity index (χ1n) is 5.93. The second-order valence-corrected chi connectivity index (χ2v) is 5.74. The summed E-state index contributed by atoms with van der Waals surface area (Å²) in [6.45, 7) is 3.95. The third-order valence-corrected chi connectivity index (χ3v) is 4.22. The molecule has 0 aliphatic rings. The van der Waals surface area contributed by atoms with Gasteiger partial charge in [-0.25, -0.2) is 0 Å². The number of methoxy groups -OCH3 is 1. The zero-order valence-corrected chi connectivity index (χ0v) is 12.6. The Balaban J connectivity index is 4.00. The van der Waals surface area contributed by atoms with Crippen LogP contribution in [-0.2, 0) is 14.3 Å². The molecule has 6 heteroatoms. The van der Waals surface area contributed by atoms with Crippen LogP contribution in [0.5, 0.6) is 0 Å². The first-order valence-corrected chi connectivity index (χ1v) is 7.09. The van der Waals surface area contributed by atoms with Crippen molar-refractivity contribution in [2.75, 3.05) is 32.7 Å². The minimum absolute atomic E-state index is 0.0261. The molecular weight excluding hydrogens is 252 g/mol. The van der Waals surface area contributed by atoms with E-state index < -0.39 is 12.0 Å².